The molecule has 0 aromatic heterocycles. The van der Waals surface area contributed by atoms with Crippen LogP contribution in [0.25, 0.3) is 0 Å². The maximum absolute atomic E-state index is 14.2. The molecule has 3 heterocycles. The summed E-state index contributed by atoms with van der Waals surface area (Å²) in [6, 6.07) is -0.140. The van der Waals surface area contributed by atoms with E-state index in [-0.39, 0.29) is 36.5 Å². The third-order valence-electron chi connectivity index (χ3n) is 10.9. The van der Waals surface area contributed by atoms with E-state index < -0.39 is 41.4 Å². The summed E-state index contributed by atoms with van der Waals surface area (Å²) >= 11 is 0. The first-order valence-corrected chi connectivity index (χ1v) is 17.4. The van der Waals surface area contributed by atoms with Crippen LogP contribution in [-0.2, 0) is 33.3 Å². The Labute approximate surface area is 278 Å². The van der Waals surface area contributed by atoms with Gasteiger partial charge in [-0.2, -0.15) is 0 Å². The van der Waals surface area contributed by atoms with Crippen LogP contribution < -0.4 is 0 Å². The molecule has 11 nitrogen and oxygen atoms in total. The second-order valence-electron chi connectivity index (χ2n) is 15.4. The number of carbonyl (C=O) groups excluding carboxylic acids is 2. The molecule has 0 saturated carbocycles. The zero-order valence-corrected chi connectivity index (χ0v) is 30.6. The lowest BCUT2D eigenvalue weighted by molar-refractivity contribution is -0.295. The highest BCUT2D eigenvalue weighted by Gasteiger charge is 2.51. The van der Waals surface area contributed by atoms with E-state index >= 15 is 0 Å². The molecule has 0 unspecified atom stereocenters. The molecule has 0 spiro atoms. The van der Waals surface area contributed by atoms with E-state index in [0.717, 1.165) is 52.0 Å². The van der Waals surface area contributed by atoms with Gasteiger partial charge in [-0.25, -0.2) is 0 Å². The van der Waals surface area contributed by atoms with Gasteiger partial charge in [-0.15, -0.1) is 0 Å². The fraction of sp³-hybridized carbons (Fsp3) is 0.943. The minimum Gasteiger partial charge on any atom is -0.463 e. The minimum atomic E-state index is -1.41. The number of ketones is 1. The normalized spacial score (nSPS) is 38.2. The molecule has 3 fully saturated rings. The van der Waals surface area contributed by atoms with Gasteiger partial charge in [0, 0.05) is 45.3 Å². The average molecular weight is 656 g/mol. The van der Waals surface area contributed by atoms with Crippen molar-refractivity contribution in [3.8, 4) is 0 Å². The summed E-state index contributed by atoms with van der Waals surface area (Å²) in [5.41, 5.74) is -2.32. The van der Waals surface area contributed by atoms with Gasteiger partial charge in [0.05, 0.1) is 24.4 Å². The van der Waals surface area contributed by atoms with Gasteiger partial charge in [-0.05, 0) is 106 Å². The Balaban J connectivity index is 1.88. The predicted molar refractivity (Wildman–Crippen MR) is 177 cm³/mol. The summed E-state index contributed by atoms with van der Waals surface area (Å²) in [7, 11) is 9.35. The largest absolute Gasteiger partial charge is 0.463 e. The number of hydrogen-bond donors (Lipinski definition) is 1. The Morgan fingerprint density at radius 1 is 1.07 bits per heavy atom. The van der Waals surface area contributed by atoms with Crippen molar-refractivity contribution in [1.29, 1.82) is 0 Å². The molecule has 1 N–H and O–H groups in total. The van der Waals surface area contributed by atoms with Gasteiger partial charge in [0.15, 0.2) is 12.1 Å². The number of likely N-dealkylation sites (tertiary alicyclic amines) is 1. The summed E-state index contributed by atoms with van der Waals surface area (Å²) in [6.45, 7) is 16.0. The predicted octanol–water partition coefficient (Wildman–Crippen LogP) is 3.07. The first-order chi connectivity index (χ1) is 21.5. The molecular formula is C35H65N3O8. The number of Topliss-reactive ketones (excluding diaryl/α,β-unsaturated/α-hetero) is 1. The molecule has 0 aliphatic carbocycles. The lowest BCUT2D eigenvalue weighted by Gasteiger charge is -2.47. The van der Waals surface area contributed by atoms with Gasteiger partial charge in [0.2, 0.25) is 0 Å². The number of carbonyl (C=O) groups is 2. The van der Waals surface area contributed by atoms with Crippen molar-refractivity contribution < 1.29 is 38.4 Å². The van der Waals surface area contributed by atoms with Gasteiger partial charge < -0.3 is 38.6 Å². The molecule has 0 aromatic rings. The summed E-state index contributed by atoms with van der Waals surface area (Å²) in [6.07, 6.45) is 1.56. The third-order valence-corrected chi connectivity index (χ3v) is 10.9. The molecule has 0 radical (unpaired) electrons. The molecule has 0 bridgehead atoms. The Hall–Kier alpha value is -1.18. The summed E-state index contributed by atoms with van der Waals surface area (Å²) in [5.74, 6) is -0.867. The number of aliphatic hydroxyl groups excluding tert-OH is 1. The summed E-state index contributed by atoms with van der Waals surface area (Å²) in [5, 5.41) is 11.3. The van der Waals surface area contributed by atoms with Crippen LogP contribution >= 0.6 is 0 Å². The van der Waals surface area contributed by atoms with Crippen molar-refractivity contribution in [2.24, 2.45) is 23.2 Å². The molecule has 268 valence electrons. The maximum Gasteiger partial charge on any atom is 0.319 e. The minimum absolute atomic E-state index is 0.0297. The molecule has 3 rings (SSSR count). The number of hydrogen-bond acceptors (Lipinski definition) is 11. The monoisotopic (exact) mass is 655 g/mol. The first-order valence-electron chi connectivity index (χ1n) is 17.4. The molecule has 0 amide bonds. The van der Waals surface area contributed by atoms with E-state index in [4.69, 9.17) is 23.7 Å². The van der Waals surface area contributed by atoms with Crippen LogP contribution in [0.3, 0.4) is 0 Å². The number of methoxy groups -OCH3 is 2. The number of likely N-dealkylation sites (N-methyl/N-ethyl adjacent to an activating group) is 2. The van der Waals surface area contributed by atoms with E-state index in [1.54, 1.807) is 35.0 Å². The number of ether oxygens (including phenoxy) is 5. The van der Waals surface area contributed by atoms with Gasteiger partial charge in [-0.1, -0.05) is 13.8 Å². The zero-order chi connectivity index (χ0) is 34.4. The molecule has 3 saturated heterocycles. The van der Waals surface area contributed by atoms with Crippen molar-refractivity contribution in [2.45, 2.75) is 116 Å². The fourth-order valence-electron chi connectivity index (χ4n) is 7.89. The second kappa shape index (κ2) is 17.0. The number of piperidine rings is 1. The van der Waals surface area contributed by atoms with Crippen molar-refractivity contribution in [3.63, 3.8) is 0 Å². The maximum atomic E-state index is 14.2. The van der Waals surface area contributed by atoms with Crippen LogP contribution in [0.5, 0.6) is 0 Å². The van der Waals surface area contributed by atoms with Crippen LogP contribution in [0.1, 0.15) is 73.6 Å². The summed E-state index contributed by atoms with van der Waals surface area (Å²) < 4.78 is 30.3. The number of rotatable bonds is 9. The smallest absolute Gasteiger partial charge is 0.319 e. The van der Waals surface area contributed by atoms with Crippen molar-refractivity contribution >= 4 is 11.8 Å². The molecule has 11 heteroatoms. The molecule has 3 aliphatic rings. The lowest BCUT2D eigenvalue weighted by atomic mass is 9.74. The highest BCUT2D eigenvalue weighted by atomic mass is 16.7. The van der Waals surface area contributed by atoms with Gasteiger partial charge in [-0.3, -0.25) is 14.5 Å². The topological polar surface area (TPSA) is 110 Å². The molecule has 0 aromatic carbocycles. The van der Waals surface area contributed by atoms with Crippen LogP contribution in [0, 0.1) is 23.2 Å². The van der Waals surface area contributed by atoms with Gasteiger partial charge in [0.1, 0.15) is 18.1 Å². The zero-order valence-electron chi connectivity index (χ0n) is 30.6. The Morgan fingerprint density at radius 2 is 1.72 bits per heavy atom. The quantitative estimate of drug-likeness (QED) is 0.292. The average Bonchev–Trinajstić information content (AvgIpc) is 3.00. The van der Waals surface area contributed by atoms with E-state index in [1.165, 1.54) is 0 Å². The van der Waals surface area contributed by atoms with Crippen molar-refractivity contribution in [2.75, 3.05) is 74.8 Å². The van der Waals surface area contributed by atoms with Crippen molar-refractivity contribution in [3.05, 3.63) is 0 Å². The Morgan fingerprint density at radius 3 is 2.30 bits per heavy atom. The molecule has 9 atom stereocenters. The van der Waals surface area contributed by atoms with Crippen LogP contribution in [0.15, 0.2) is 0 Å². The second-order valence-corrected chi connectivity index (χ2v) is 15.4. The highest BCUT2D eigenvalue weighted by Crippen LogP contribution is 2.38. The molecular weight excluding hydrogens is 590 g/mol. The van der Waals surface area contributed by atoms with Gasteiger partial charge in [0.25, 0.3) is 0 Å². The standard InChI is InChI=1S/C35H65N3O8/c1-23-20-35(6,43-11)31(46-32-29(39)28(36(7)8)18-24(2)45-32)25(3)30(40)34(4,5)33(41)44-22-27(37(9)21-23)19-26-12-14-38(15-13-26)16-17-42-10/h23-29,31-32,39H,12-22H2,1-11H3/t23-,24-,25+,27-,28+,29-,31-,32+,35-/m1/s1. The van der Waals surface area contributed by atoms with Crippen LogP contribution in [0.4, 0.5) is 0 Å². The van der Waals surface area contributed by atoms with Gasteiger partial charge >= 0.3 is 5.97 Å². The Bertz CT molecular complexity index is 973. The first kappa shape index (κ1) is 39.3. The third kappa shape index (κ3) is 9.71. The SMILES string of the molecule is COCCN1CCC(C[C@@H]2COC(=O)C(C)(C)C(=O)[C@H](C)[C@@H](O[C@@H]3O[C@H](C)C[C@H](N(C)C)[C@H]3O)[C@](C)(OC)C[C@@H](C)CN2C)CC1. The fourth-order valence-corrected chi connectivity index (χ4v) is 7.89. The number of esters is 1. The highest BCUT2D eigenvalue weighted by molar-refractivity contribution is 6.04. The summed E-state index contributed by atoms with van der Waals surface area (Å²) in [4.78, 5) is 34.6. The van der Waals surface area contributed by atoms with E-state index in [2.05, 4.69) is 23.8 Å². The molecule has 46 heavy (non-hydrogen) atoms. The van der Waals surface area contributed by atoms with Crippen LogP contribution in [0.2, 0.25) is 0 Å². The van der Waals surface area contributed by atoms with E-state index in [1.807, 2.05) is 32.8 Å². The number of nitrogens with zero attached hydrogens (tertiary/aromatic N) is 3. The number of cyclic esters (lactones) is 1. The molecule has 3 aliphatic heterocycles. The van der Waals surface area contributed by atoms with E-state index in [9.17, 15) is 14.7 Å². The van der Waals surface area contributed by atoms with E-state index in [0.29, 0.717) is 18.8 Å². The van der Waals surface area contributed by atoms with Crippen LogP contribution in [-0.4, -0.2) is 149 Å². The number of aliphatic hydroxyl groups is 1. The van der Waals surface area contributed by atoms with Crippen molar-refractivity contribution in [1.82, 2.24) is 14.7 Å². The lowest BCUT2D eigenvalue weighted by Crippen LogP contribution is -2.59. The Kier molecular flexibility index (Phi) is 14.5.